The van der Waals surface area contributed by atoms with Crippen LogP contribution in [0.1, 0.15) is 11.7 Å². The molecule has 0 spiro atoms. The number of hydrogen-bond acceptors (Lipinski definition) is 9. The van der Waals surface area contributed by atoms with Crippen LogP contribution in [0.25, 0.3) is 22.1 Å². The van der Waals surface area contributed by atoms with Crippen molar-refractivity contribution in [2.45, 2.75) is 30.5 Å². The molecule has 1 aliphatic heterocycles. The summed E-state index contributed by atoms with van der Waals surface area (Å²) in [4.78, 5) is 13.2. The van der Waals surface area contributed by atoms with Crippen LogP contribution < -0.4 is 10.2 Å². The first-order chi connectivity index (χ1) is 14.9. The highest BCUT2D eigenvalue weighted by atomic mass is 16.5. The van der Waals surface area contributed by atoms with Gasteiger partial charge in [-0.25, -0.2) is 0 Å². The molecule has 1 fully saturated rings. The van der Waals surface area contributed by atoms with E-state index in [0.29, 0.717) is 5.56 Å². The molecule has 0 saturated carbocycles. The average molecular weight is 430 g/mol. The van der Waals surface area contributed by atoms with Crippen molar-refractivity contribution >= 4 is 11.0 Å². The molecular weight excluding hydrogens is 408 g/mol. The second-order valence-corrected chi connectivity index (χ2v) is 7.33. The number of methoxy groups -OCH3 is 1. The fourth-order valence-corrected chi connectivity index (χ4v) is 3.83. The Labute approximate surface area is 176 Å². The van der Waals surface area contributed by atoms with Crippen molar-refractivity contribution in [1.29, 1.82) is 0 Å². The van der Waals surface area contributed by atoms with E-state index < -0.39 is 37.1 Å². The van der Waals surface area contributed by atoms with Crippen molar-refractivity contribution in [1.82, 2.24) is 0 Å². The molecule has 31 heavy (non-hydrogen) atoms. The van der Waals surface area contributed by atoms with Crippen molar-refractivity contribution < 1.29 is 39.4 Å². The highest BCUT2D eigenvalue weighted by Gasteiger charge is 2.45. The zero-order valence-electron chi connectivity index (χ0n) is 16.5. The summed E-state index contributed by atoms with van der Waals surface area (Å²) >= 11 is 0. The van der Waals surface area contributed by atoms with E-state index in [1.54, 1.807) is 12.1 Å². The van der Waals surface area contributed by atoms with Crippen LogP contribution in [0.3, 0.4) is 0 Å². The van der Waals surface area contributed by atoms with Gasteiger partial charge in [0, 0.05) is 0 Å². The molecule has 2 aromatic carbocycles. The minimum absolute atomic E-state index is 0.0589. The highest BCUT2D eigenvalue weighted by Crippen LogP contribution is 2.41. The second kappa shape index (κ2) is 8.29. The number of aromatic hydroxyl groups is 1. The molecule has 0 unspecified atom stereocenters. The highest BCUT2D eigenvalue weighted by molar-refractivity contribution is 5.86. The third kappa shape index (κ3) is 3.56. The number of fused-ring (bicyclic) bond motifs is 1. The van der Waals surface area contributed by atoms with Gasteiger partial charge in [-0.1, -0.05) is 12.1 Å². The smallest absolute Gasteiger partial charge is 0.200 e. The van der Waals surface area contributed by atoms with Crippen molar-refractivity contribution in [3.05, 3.63) is 58.4 Å². The van der Waals surface area contributed by atoms with E-state index >= 15 is 0 Å². The van der Waals surface area contributed by atoms with Gasteiger partial charge in [0.1, 0.15) is 53.9 Å². The van der Waals surface area contributed by atoms with E-state index in [1.807, 2.05) is 0 Å². The monoisotopic (exact) mass is 430 g/mol. The number of rotatable bonds is 4. The number of ether oxygens (including phenoxy) is 2. The quantitative estimate of drug-likeness (QED) is 0.403. The lowest BCUT2D eigenvalue weighted by Gasteiger charge is -2.40. The van der Waals surface area contributed by atoms with E-state index in [4.69, 9.17) is 13.9 Å². The van der Waals surface area contributed by atoms with Crippen LogP contribution in [0.15, 0.2) is 51.9 Å². The number of benzene rings is 2. The molecule has 5 atom stereocenters. The Morgan fingerprint density at radius 1 is 1.00 bits per heavy atom. The minimum Gasteiger partial charge on any atom is -0.508 e. The van der Waals surface area contributed by atoms with Gasteiger partial charge >= 0.3 is 0 Å². The maximum absolute atomic E-state index is 13.2. The molecule has 164 valence electrons. The SMILES string of the molecule is COc1ccc2c(=O)c(-c3ccc(O)cc3)coc2c1[C@@H]1O[C@H](CO)[C@@H](O)[C@H](O)[C@H]1O. The summed E-state index contributed by atoms with van der Waals surface area (Å²) in [5.41, 5.74) is 0.693. The first-order valence-corrected chi connectivity index (χ1v) is 9.59. The molecule has 0 aliphatic carbocycles. The first kappa shape index (κ1) is 21.3. The number of aliphatic hydroxyl groups is 4. The Bertz CT molecular complexity index is 1140. The number of aliphatic hydroxyl groups excluding tert-OH is 4. The molecule has 0 radical (unpaired) electrons. The van der Waals surface area contributed by atoms with Crippen LogP contribution in [0.2, 0.25) is 0 Å². The number of phenolic OH excluding ortho intramolecular Hbond substituents is 1. The van der Waals surface area contributed by atoms with Gasteiger partial charge in [-0.05, 0) is 29.8 Å². The predicted molar refractivity (Wildman–Crippen MR) is 109 cm³/mol. The molecule has 3 aromatic rings. The fourth-order valence-electron chi connectivity index (χ4n) is 3.83. The Hall–Kier alpha value is -2.95. The predicted octanol–water partition coefficient (Wildman–Crippen LogP) is 0.689. The molecule has 9 heteroatoms. The van der Waals surface area contributed by atoms with Gasteiger partial charge in [-0.15, -0.1) is 0 Å². The zero-order chi connectivity index (χ0) is 22.3. The van der Waals surface area contributed by atoms with Crippen LogP contribution >= 0.6 is 0 Å². The van der Waals surface area contributed by atoms with E-state index in [1.165, 1.54) is 37.6 Å². The summed E-state index contributed by atoms with van der Waals surface area (Å²) in [6, 6.07) is 9.08. The maximum Gasteiger partial charge on any atom is 0.200 e. The van der Waals surface area contributed by atoms with Gasteiger partial charge in [0.2, 0.25) is 5.43 Å². The van der Waals surface area contributed by atoms with Crippen LogP contribution in [0.5, 0.6) is 11.5 Å². The third-order valence-electron chi connectivity index (χ3n) is 5.51. The van der Waals surface area contributed by atoms with E-state index in [9.17, 15) is 30.3 Å². The van der Waals surface area contributed by atoms with Crippen molar-refractivity contribution in [2.24, 2.45) is 0 Å². The van der Waals surface area contributed by atoms with Gasteiger partial charge in [0.05, 0.1) is 30.2 Å². The van der Waals surface area contributed by atoms with E-state index in [2.05, 4.69) is 0 Å². The molecule has 1 saturated heterocycles. The second-order valence-electron chi connectivity index (χ2n) is 7.33. The van der Waals surface area contributed by atoms with Gasteiger partial charge in [0.15, 0.2) is 0 Å². The van der Waals surface area contributed by atoms with Crippen LogP contribution in [0.4, 0.5) is 0 Å². The summed E-state index contributed by atoms with van der Waals surface area (Å²) in [5, 5.41) is 50.0. The summed E-state index contributed by atoms with van der Waals surface area (Å²) in [5.74, 6) is 0.293. The lowest BCUT2D eigenvalue weighted by atomic mass is 9.89. The normalized spacial score (nSPS) is 26.2. The standard InChI is InChI=1S/C22H22O9/c1-29-14-7-6-12-17(25)13(10-2-4-11(24)5-3-10)9-30-21(12)16(14)22-20(28)19(27)18(26)15(8-23)31-22/h2-7,9,15,18-20,22-24,26-28H,8H2,1H3/t15-,18-,19+,20-,22+/m1/s1. The van der Waals surface area contributed by atoms with E-state index in [0.717, 1.165) is 0 Å². The summed E-state index contributed by atoms with van der Waals surface area (Å²) in [7, 11) is 1.39. The lowest BCUT2D eigenvalue weighted by molar-refractivity contribution is -0.231. The van der Waals surface area contributed by atoms with Crippen molar-refractivity contribution in [3.8, 4) is 22.6 Å². The van der Waals surface area contributed by atoms with Gasteiger partial charge in [-0.3, -0.25) is 4.79 Å². The molecule has 4 rings (SSSR count). The number of phenols is 1. The molecule has 1 aromatic heterocycles. The lowest BCUT2D eigenvalue weighted by Crippen LogP contribution is -2.55. The molecule has 2 heterocycles. The van der Waals surface area contributed by atoms with Crippen LogP contribution in [0, 0.1) is 0 Å². The molecule has 0 bridgehead atoms. The largest absolute Gasteiger partial charge is 0.508 e. The molecule has 0 amide bonds. The van der Waals surface area contributed by atoms with Crippen molar-refractivity contribution in [3.63, 3.8) is 0 Å². The summed E-state index contributed by atoms with van der Waals surface area (Å²) in [6.07, 6.45) is -5.81. The van der Waals surface area contributed by atoms with E-state index in [-0.39, 0.29) is 39.0 Å². The Balaban J connectivity index is 1.90. The van der Waals surface area contributed by atoms with Crippen LogP contribution in [-0.2, 0) is 4.74 Å². The summed E-state index contributed by atoms with van der Waals surface area (Å²) < 4.78 is 16.8. The Kier molecular flexibility index (Phi) is 5.69. The maximum atomic E-state index is 13.2. The van der Waals surface area contributed by atoms with Crippen molar-refractivity contribution in [2.75, 3.05) is 13.7 Å². The zero-order valence-corrected chi connectivity index (χ0v) is 16.5. The molecular formula is C22H22O9. The van der Waals surface area contributed by atoms with Crippen LogP contribution in [-0.4, -0.2) is 63.7 Å². The Morgan fingerprint density at radius 2 is 1.71 bits per heavy atom. The van der Waals surface area contributed by atoms with Gasteiger partial charge < -0.3 is 39.4 Å². The number of hydrogen-bond donors (Lipinski definition) is 5. The van der Waals surface area contributed by atoms with Gasteiger partial charge in [-0.2, -0.15) is 0 Å². The molecule has 1 aliphatic rings. The first-order valence-electron chi connectivity index (χ1n) is 9.59. The average Bonchev–Trinajstić information content (AvgIpc) is 2.78. The molecule has 5 N–H and O–H groups in total. The Morgan fingerprint density at radius 3 is 2.35 bits per heavy atom. The fraction of sp³-hybridized carbons (Fsp3) is 0.318. The molecule has 9 nitrogen and oxygen atoms in total. The third-order valence-corrected chi connectivity index (χ3v) is 5.51. The summed E-state index contributed by atoms with van der Waals surface area (Å²) in [6.45, 7) is -0.594. The topological polar surface area (TPSA) is 150 Å². The van der Waals surface area contributed by atoms with Gasteiger partial charge in [0.25, 0.3) is 0 Å². The minimum atomic E-state index is -1.60.